The predicted molar refractivity (Wildman–Crippen MR) is 146 cm³/mol. The molecule has 3 aromatic rings. The van der Waals surface area contributed by atoms with E-state index in [0.29, 0.717) is 24.6 Å². The molecule has 3 aromatic carbocycles. The lowest BCUT2D eigenvalue weighted by Crippen LogP contribution is -2.68. The fraction of sp³-hybridized carbons (Fsp3) is 0.400. The first kappa shape index (κ1) is 25.4. The Morgan fingerprint density at radius 2 is 1.66 bits per heavy atom. The molecule has 38 heavy (non-hydrogen) atoms. The van der Waals surface area contributed by atoms with Crippen LogP contribution in [-0.4, -0.2) is 69.9 Å². The number of sulfonamides is 1. The average Bonchev–Trinajstić information content (AvgIpc) is 3.38. The van der Waals surface area contributed by atoms with Crippen molar-refractivity contribution in [1.82, 2.24) is 9.21 Å². The van der Waals surface area contributed by atoms with E-state index in [-0.39, 0.29) is 24.8 Å². The highest BCUT2D eigenvalue weighted by Crippen LogP contribution is 2.44. The van der Waals surface area contributed by atoms with Gasteiger partial charge in [-0.1, -0.05) is 48.5 Å². The molecule has 0 bridgehead atoms. The van der Waals surface area contributed by atoms with Gasteiger partial charge in [0.1, 0.15) is 0 Å². The Balaban J connectivity index is 1.28. The van der Waals surface area contributed by atoms with Crippen LogP contribution in [0.4, 0.5) is 0 Å². The fourth-order valence-corrected chi connectivity index (χ4v) is 7.96. The van der Waals surface area contributed by atoms with Crippen molar-refractivity contribution in [3.8, 4) is 22.6 Å². The maximum absolute atomic E-state index is 13.7. The molecule has 3 aliphatic rings. The van der Waals surface area contributed by atoms with E-state index in [1.165, 1.54) is 5.56 Å². The van der Waals surface area contributed by atoms with Crippen LogP contribution in [0.5, 0.6) is 11.5 Å². The van der Waals surface area contributed by atoms with E-state index in [4.69, 9.17) is 14.2 Å². The Labute approximate surface area is 225 Å². The van der Waals surface area contributed by atoms with E-state index in [2.05, 4.69) is 29.2 Å². The third kappa shape index (κ3) is 4.49. The summed E-state index contributed by atoms with van der Waals surface area (Å²) in [6, 6.07) is 22.3. The molecule has 0 aliphatic carbocycles. The standard InChI is InChI=1S/C30H34N2O5S/c1-21-7-3-4-8-29(21)38(33,34)31-15-5-6-16-32-25(18-31)30(26(32)19-35-2)23-11-9-22(10-12-23)24-13-14-27-28(17-24)37-20-36-27/h3-4,7-14,17,25-26,30H,5-6,15-16,18-20H2,1-2H3/t25?,26?,30-/m0/s1. The van der Waals surface area contributed by atoms with E-state index in [1.54, 1.807) is 23.5 Å². The first-order chi connectivity index (χ1) is 18.5. The molecular weight excluding hydrogens is 500 g/mol. The molecule has 3 heterocycles. The number of nitrogens with zero attached hydrogens (tertiary/aromatic N) is 2. The second kappa shape index (κ2) is 10.3. The predicted octanol–water partition coefficient (Wildman–Crippen LogP) is 4.66. The summed E-state index contributed by atoms with van der Waals surface area (Å²) in [5, 5.41) is 0. The molecular formula is C30H34N2O5S. The molecule has 6 rings (SSSR count). The summed E-state index contributed by atoms with van der Waals surface area (Å²) in [6.07, 6.45) is 1.81. The zero-order valence-corrected chi connectivity index (χ0v) is 22.7. The topological polar surface area (TPSA) is 68.3 Å². The van der Waals surface area contributed by atoms with Crippen LogP contribution in [0.2, 0.25) is 0 Å². The Bertz CT molecular complexity index is 1410. The largest absolute Gasteiger partial charge is 0.454 e. The monoisotopic (exact) mass is 534 g/mol. The molecule has 0 N–H and O–H groups in total. The molecule has 2 fully saturated rings. The smallest absolute Gasteiger partial charge is 0.243 e. The number of rotatable bonds is 6. The van der Waals surface area contributed by atoms with Crippen LogP contribution < -0.4 is 9.47 Å². The summed E-state index contributed by atoms with van der Waals surface area (Å²) >= 11 is 0. The van der Waals surface area contributed by atoms with Crippen LogP contribution in [0.25, 0.3) is 11.1 Å². The van der Waals surface area contributed by atoms with Crippen molar-refractivity contribution in [2.75, 3.05) is 40.1 Å². The van der Waals surface area contributed by atoms with Gasteiger partial charge >= 0.3 is 0 Å². The number of methoxy groups -OCH3 is 1. The van der Waals surface area contributed by atoms with Crippen LogP contribution in [-0.2, 0) is 14.8 Å². The number of fused-ring (bicyclic) bond motifs is 2. The van der Waals surface area contributed by atoms with Crippen LogP contribution >= 0.6 is 0 Å². The third-order valence-corrected chi connectivity index (χ3v) is 10.2. The molecule has 0 spiro atoms. The van der Waals surface area contributed by atoms with E-state index in [1.807, 2.05) is 37.3 Å². The quantitative estimate of drug-likeness (QED) is 0.458. The Kier molecular flexibility index (Phi) is 6.90. The molecule has 2 unspecified atom stereocenters. The van der Waals surface area contributed by atoms with Gasteiger partial charge in [-0.15, -0.1) is 0 Å². The van der Waals surface area contributed by atoms with Gasteiger partial charge in [0.2, 0.25) is 16.8 Å². The van der Waals surface area contributed by atoms with Crippen molar-refractivity contribution in [1.29, 1.82) is 0 Å². The van der Waals surface area contributed by atoms with E-state index in [0.717, 1.165) is 47.6 Å². The normalized spacial score (nSPS) is 23.8. The van der Waals surface area contributed by atoms with Gasteiger partial charge in [0.15, 0.2) is 11.5 Å². The van der Waals surface area contributed by atoms with Crippen molar-refractivity contribution in [2.45, 2.75) is 42.7 Å². The molecule has 0 amide bonds. The molecule has 0 saturated carbocycles. The average molecular weight is 535 g/mol. The minimum atomic E-state index is -3.58. The Morgan fingerprint density at radius 3 is 2.45 bits per heavy atom. The van der Waals surface area contributed by atoms with Gasteiger partial charge in [-0.2, -0.15) is 4.31 Å². The fourth-order valence-electron chi connectivity index (χ4n) is 6.24. The maximum Gasteiger partial charge on any atom is 0.243 e. The van der Waals surface area contributed by atoms with E-state index < -0.39 is 10.0 Å². The van der Waals surface area contributed by atoms with Gasteiger partial charge in [-0.3, -0.25) is 4.90 Å². The number of hydrogen-bond donors (Lipinski definition) is 0. The molecule has 8 heteroatoms. The van der Waals surface area contributed by atoms with E-state index in [9.17, 15) is 8.42 Å². The minimum absolute atomic E-state index is 0.102. The van der Waals surface area contributed by atoms with Crippen molar-refractivity contribution in [3.63, 3.8) is 0 Å². The number of ether oxygens (including phenoxy) is 3. The van der Waals surface area contributed by atoms with Crippen LogP contribution in [0, 0.1) is 6.92 Å². The van der Waals surface area contributed by atoms with Crippen molar-refractivity contribution in [3.05, 3.63) is 77.9 Å². The molecule has 0 aromatic heterocycles. The van der Waals surface area contributed by atoms with Crippen LogP contribution in [0.15, 0.2) is 71.6 Å². The highest BCUT2D eigenvalue weighted by Gasteiger charge is 2.50. The zero-order chi connectivity index (χ0) is 26.3. The van der Waals surface area contributed by atoms with Crippen molar-refractivity contribution in [2.24, 2.45) is 0 Å². The summed E-state index contributed by atoms with van der Waals surface area (Å²) < 4.78 is 45.8. The minimum Gasteiger partial charge on any atom is -0.454 e. The summed E-state index contributed by atoms with van der Waals surface area (Å²) in [5.74, 6) is 1.73. The molecule has 7 nitrogen and oxygen atoms in total. The summed E-state index contributed by atoms with van der Waals surface area (Å²) in [5.41, 5.74) is 4.18. The third-order valence-electron chi connectivity index (χ3n) is 8.20. The first-order valence-corrected chi connectivity index (χ1v) is 14.7. The molecule has 0 radical (unpaired) electrons. The SMILES string of the molecule is COCC1[C@@H](c2ccc(-c3ccc4c(c3)OCO4)cc2)C2CN(S(=O)(=O)c3ccccc3C)CCCCN12. The first-order valence-electron chi connectivity index (χ1n) is 13.3. The van der Waals surface area contributed by atoms with Crippen LogP contribution in [0.3, 0.4) is 0 Å². The lowest BCUT2D eigenvalue weighted by Gasteiger charge is -2.57. The van der Waals surface area contributed by atoms with E-state index >= 15 is 0 Å². The maximum atomic E-state index is 13.7. The molecule has 3 aliphatic heterocycles. The summed E-state index contributed by atoms with van der Waals surface area (Å²) in [7, 11) is -1.84. The second-order valence-corrected chi connectivity index (χ2v) is 12.3. The van der Waals surface area contributed by atoms with Crippen molar-refractivity contribution < 1.29 is 22.6 Å². The second-order valence-electron chi connectivity index (χ2n) is 10.4. The molecule has 200 valence electrons. The van der Waals surface area contributed by atoms with Gasteiger partial charge in [0, 0.05) is 38.2 Å². The lowest BCUT2D eigenvalue weighted by atomic mass is 9.74. The summed E-state index contributed by atoms with van der Waals surface area (Å²) in [6.45, 7) is 4.73. The van der Waals surface area contributed by atoms with Gasteiger partial charge in [0.25, 0.3) is 0 Å². The van der Waals surface area contributed by atoms with Crippen LogP contribution in [0.1, 0.15) is 29.9 Å². The van der Waals surface area contributed by atoms with Gasteiger partial charge in [-0.25, -0.2) is 8.42 Å². The molecule has 2 saturated heterocycles. The highest BCUT2D eigenvalue weighted by molar-refractivity contribution is 7.89. The number of hydrogen-bond acceptors (Lipinski definition) is 6. The summed E-state index contributed by atoms with van der Waals surface area (Å²) in [4.78, 5) is 2.86. The lowest BCUT2D eigenvalue weighted by molar-refractivity contribution is -0.0635. The number of benzene rings is 3. The van der Waals surface area contributed by atoms with Gasteiger partial charge in [-0.05, 0) is 66.8 Å². The Morgan fingerprint density at radius 1 is 0.921 bits per heavy atom. The molecule has 3 atom stereocenters. The van der Waals surface area contributed by atoms with Gasteiger partial charge in [0.05, 0.1) is 11.5 Å². The zero-order valence-electron chi connectivity index (χ0n) is 21.9. The van der Waals surface area contributed by atoms with Gasteiger partial charge < -0.3 is 14.2 Å². The number of aryl methyl sites for hydroxylation is 1. The Hall–Kier alpha value is -2.91. The van der Waals surface area contributed by atoms with Crippen molar-refractivity contribution >= 4 is 10.0 Å². The highest BCUT2D eigenvalue weighted by atomic mass is 32.2.